The zero-order valence-corrected chi connectivity index (χ0v) is 8.53. The van der Waals surface area contributed by atoms with Crippen LogP contribution in [0.15, 0.2) is 37.0 Å². The molecule has 0 saturated carbocycles. The third-order valence-electron chi connectivity index (χ3n) is 2.53. The Morgan fingerprint density at radius 3 is 2.93 bits per heavy atom. The second kappa shape index (κ2) is 3.70. The molecule has 1 heterocycles. The zero-order valence-electron chi connectivity index (χ0n) is 8.53. The number of aryl methyl sites for hydroxylation is 1. The van der Waals surface area contributed by atoms with Gasteiger partial charge in [0.05, 0.1) is 0 Å². The molecule has 1 heteroatoms. The molecule has 0 unspecified atom stereocenters. The van der Waals surface area contributed by atoms with Crippen molar-refractivity contribution in [2.75, 3.05) is 0 Å². The molecule has 0 bridgehead atoms. The lowest BCUT2D eigenvalue weighted by Gasteiger charge is -2.03. The van der Waals surface area contributed by atoms with E-state index in [1.165, 1.54) is 22.9 Å². The molecule has 0 aliphatic heterocycles. The Labute approximate surface area is 84.7 Å². The van der Waals surface area contributed by atoms with Crippen LogP contribution < -0.4 is 0 Å². The topological polar surface area (TPSA) is 4.93 Å². The number of benzene rings is 1. The van der Waals surface area contributed by atoms with Crippen LogP contribution in [0.2, 0.25) is 0 Å². The van der Waals surface area contributed by atoms with Crippen LogP contribution in [-0.4, -0.2) is 4.57 Å². The first kappa shape index (κ1) is 9.07. The van der Waals surface area contributed by atoms with Crippen molar-refractivity contribution >= 4 is 17.0 Å². The van der Waals surface area contributed by atoms with Crippen LogP contribution in [0.25, 0.3) is 17.0 Å². The Kier molecular flexibility index (Phi) is 2.40. The molecule has 0 saturated heterocycles. The van der Waals surface area contributed by atoms with E-state index >= 15 is 0 Å². The summed E-state index contributed by atoms with van der Waals surface area (Å²) in [5.74, 6) is 0. The average Bonchev–Trinajstić information content (AvgIpc) is 2.62. The van der Waals surface area contributed by atoms with Gasteiger partial charge in [-0.05, 0) is 24.1 Å². The van der Waals surface area contributed by atoms with Crippen LogP contribution in [0.5, 0.6) is 0 Å². The third kappa shape index (κ3) is 1.35. The molecule has 0 radical (unpaired) electrons. The van der Waals surface area contributed by atoms with Gasteiger partial charge in [-0.2, -0.15) is 0 Å². The van der Waals surface area contributed by atoms with E-state index in [1.807, 2.05) is 6.08 Å². The third-order valence-corrected chi connectivity index (χ3v) is 2.53. The van der Waals surface area contributed by atoms with Gasteiger partial charge in [0.2, 0.25) is 0 Å². The van der Waals surface area contributed by atoms with Gasteiger partial charge in [-0.15, -0.1) is 0 Å². The standard InChI is InChI=1S/C13H15N/c1-3-9-14-10-8-12-11(4-2)6-5-7-13(12)14/h4-8,10H,2-3,9H2,1H3. The fourth-order valence-electron chi connectivity index (χ4n) is 1.86. The first-order valence-corrected chi connectivity index (χ1v) is 5.07. The van der Waals surface area contributed by atoms with Crippen LogP contribution in [0.3, 0.4) is 0 Å². The molecule has 14 heavy (non-hydrogen) atoms. The summed E-state index contributed by atoms with van der Waals surface area (Å²) in [6.07, 6.45) is 5.24. The molecule has 0 spiro atoms. The molecule has 0 atom stereocenters. The smallest absolute Gasteiger partial charge is 0.0486 e. The van der Waals surface area contributed by atoms with Crippen molar-refractivity contribution in [3.8, 4) is 0 Å². The molecular weight excluding hydrogens is 170 g/mol. The predicted octanol–water partition coefficient (Wildman–Crippen LogP) is 3.69. The van der Waals surface area contributed by atoms with Gasteiger partial charge in [-0.1, -0.05) is 31.7 Å². The van der Waals surface area contributed by atoms with Crippen molar-refractivity contribution in [3.05, 3.63) is 42.6 Å². The van der Waals surface area contributed by atoms with E-state index in [0.717, 1.165) is 6.54 Å². The number of fused-ring (bicyclic) bond motifs is 1. The van der Waals surface area contributed by atoms with Gasteiger partial charge >= 0.3 is 0 Å². The van der Waals surface area contributed by atoms with E-state index in [-0.39, 0.29) is 0 Å². The highest BCUT2D eigenvalue weighted by atomic mass is 14.9. The van der Waals surface area contributed by atoms with Crippen molar-refractivity contribution < 1.29 is 0 Å². The lowest BCUT2D eigenvalue weighted by Crippen LogP contribution is -1.93. The molecule has 0 aliphatic rings. The molecule has 1 nitrogen and oxygen atoms in total. The van der Waals surface area contributed by atoms with Gasteiger partial charge in [-0.3, -0.25) is 0 Å². The minimum atomic E-state index is 1.09. The van der Waals surface area contributed by atoms with Gasteiger partial charge in [0.15, 0.2) is 0 Å². The fraction of sp³-hybridized carbons (Fsp3) is 0.231. The molecule has 2 rings (SSSR count). The lowest BCUT2D eigenvalue weighted by atomic mass is 10.1. The highest BCUT2D eigenvalue weighted by molar-refractivity contribution is 5.88. The van der Waals surface area contributed by atoms with Crippen LogP contribution >= 0.6 is 0 Å². The number of hydrogen-bond acceptors (Lipinski definition) is 0. The summed E-state index contributed by atoms with van der Waals surface area (Å²) in [4.78, 5) is 0. The summed E-state index contributed by atoms with van der Waals surface area (Å²) in [5.41, 5.74) is 2.53. The number of aromatic nitrogens is 1. The number of nitrogens with zero attached hydrogens (tertiary/aromatic N) is 1. The molecule has 0 N–H and O–H groups in total. The van der Waals surface area contributed by atoms with E-state index < -0.39 is 0 Å². The molecule has 72 valence electrons. The van der Waals surface area contributed by atoms with Gasteiger partial charge in [0, 0.05) is 23.6 Å². The van der Waals surface area contributed by atoms with Crippen molar-refractivity contribution in [1.82, 2.24) is 4.57 Å². The molecular formula is C13H15N. The maximum absolute atomic E-state index is 3.83. The van der Waals surface area contributed by atoms with Crippen molar-refractivity contribution in [3.63, 3.8) is 0 Å². The van der Waals surface area contributed by atoms with Crippen LogP contribution in [0.4, 0.5) is 0 Å². The van der Waals surface area contributed by atoms with Crippen molar-refractivity contribution in [1.29, 1.82) is 0 Å². The Hall–Kier alpha value is -1.50. The van der Waals surface area contributed by atoms with E-state index in [0.29, 0.717) is 0 Å². The molecule has 0 amide bonds. The maximum Gasteiger partial charge on any atom is 0.0486 e. The quantitative estimate of drug-likeness (QED) is 0.687. The summed E-state index contributed by atoms with van der Waals surface area (Å²) in [5, 5.41) is 1.30. The van der Waals surface area contributed by atoms with Crippen LogP contribution in [0.1, 0.15) is 18.9 Å². The van der Waals surface area contributed by atoms with E-state index in [4.69, 9.17) is 0 Å². The normalized spacial score (nSPS) is 10.6. The van der Waals surface area contributed by atoms with Gasteiger partial charge in [0.1, 0.15) is 0 Å². The zero-order chi connectivity index (χ0) is 9.97. The fourth-order valence-corrected chi connectivity index (χ4v) is 1.86. The summed E-state index contributed by atoms with van der Waals surface area (Å²) in [6, 6.07) is 8.52. The second-order valence-electron chi connectivity index (χ2n) is 3.49. The van der Waals surface area contributed by atoms with Crippen molar-refractivity contribution in [2.45, 2.75) is 19.9 Å². The van der Waals surface area contributed by atoms with Gasteiger partial charge in [0.25, 0.3) is 0 Å². The first-order chi connectivity index (χ1) is 6.86. The largest absolute Gasteiger partial charge is 0.347 e. The Balaban J connectivity index is 2.63. The highest BCUT2D eigenvalue weighted by Gasteiger charge is 2.01. The first-order valence-electron chi connectivity index (χ1n) is 5.07. The summed E-state index contributed by atoms with van der Waals surface area (Å²) in [6.45, 7) is 7.11. The number of hydrogen-bond donors (Lipinski definition) is 0. The van der Waals surface area contributed by atoms with E-state index in [2.05, 4.69) is 48.5 Å². The van der Waals surface area contributed by atoms with Gasteiger partial charge < -0.3 is 4.57 Å². The summed E-state index contributed by atoms with van der Waals surface area (Å²) in [7, 11) is 0. The Bertz CT molecular complexity index is 451. The van der Waals surface area contributed by atoms with Crippen LogP contribution in [0, 0.1) is 0 Å². The summed E-state index contributed by atoms with van der Waals surface area (Å²) >= 11 is 0. The second-order valence-corrected chi connectivity index (χ2v) is 3.49. The molecule has 0 aliphatic carbocycles. The summed E-state index contributed by atoms with van der Waals surface area (Å²) < 4.78 is 2.29. The minimum Gasteiger partial charge on any atom is -0.347 e. The molecule has 2 aromatic rings. The van der Waals surface area contributed by atoms with E-state index in [9.17, 15) is 0 Å². The molecule has 1 aromatic heterocycles. The molecule has 0 fully saturated rings. The van der Waals surface area contributed by atoms with Crippen molar-refractivity contribution in [2.24, 2.45) is 0 Å². The maximum atomic E-state index is 3.83. The highest BCUT2D eigenvalue weighted by Crippen LogP contribution is 2.21. The van der Waals surface area contributed by atoms with E-state index in [1.54, 1.807) is 0 Å². The van der Waals surface area contributed by atoms with Gasteiger partial charge in [-0.25, -0.2) is 0 Å². The Morgan fingerprint density at radius 1 is 1.36 bits per heavy atom. The average molecular weight is 185 g/mol. The predicted molar refractivity (Wildman–Crippen MR) is 62.3 cm³/mol. The monoisotopic (exact) mass is 185 g/mol. The SMILES string of the molecule is C=Cc1cccc2c1ccn2CCC. The lowest BCUT2D eigenvalue weighted by molar-refractivity contribution is 0.703. The Morgan fingerprint density at radius 2 is 2.21 bits per heavy atom. The minimum absolute atomic E-state index is 1.09. The molecule has 1 aromatic carbocycles. The number of rotatable bonds is 3. The van der Waals surface area contributed by atoms with Crippen LogP contribution in [-0.2, 0) is 6.54 Å².